The van der Waals surface area contributed by atoms with Crippen molar-refractivity contribution in [3.63, 3.8) is 0 Å². The van der Waals surface area contributed by atoms with Crippen molar-refractivity contribution >= 4 is 5.97 Å². The first kappa shape index (κ1) is 18.7. The lowest BCUT2D eigenvalue weighted by atomic mass is 9.95. The number of hydrogen-bond donors (Lipinski definition) is 1. The molecule has 5 rings (SSSR count). The lowest BCUT2D eigenvalue weighted by molar-refractivity contribution is -0.139. The molecule has 0 unspecified atom stereocenters. The Morgan fingerprint density at radius 1 is 1.03 bits per heavy atom. The molecule has 0 aromatic heterocycles. The minimum atomic E-state index is -0.698. The molecule has 30 heavy (non-hydrogen) atoms. The molecular formula is C25H21FO4. The van der Waals surface area contributed by atoms with E-state index < -0.39 is 5.97 Å². The number of halogens is 1. The number of ether oxygens (including phenoxy) is 2. The Hall–Kier alpha value is -3.34. The number of methoxy groups -OCH3 is 1. The lowest BCUT2D eigenvalue weighted by Gasteiger charge is -2.12. The summed E-state index contributed by atoms with van der Waals surface area (Å²) in [5, 5.41) is 9.35. The highest BCUT2D eigenvalue weighted by atomic mass is 19.1. The molecule has 1 saturated carbocycles. The summed E-state index contributed by atoms with van der Waals surface area (Å²) in [7, 11) is 1.55. The Balaban J connectivity index is 1.35. The number of benzene rings is 3. The lowest BCUT2D eigenvalue weighted by Crippen LogP contribution is -2.11. The number of aliphatic carboxylic acids is 1. The quantitative estimate of drug-likeness (QED) is 0.603. The first-order chi connectivity index (χ1) is 14.5. The molecule has 0 saturated heterocycles. The third kappa shape index (κ3) is 3.02. The van der Waals surface area contributed by atoms with Crippen LogP contribution in [0.15, 0.2) is 60.7 Å². The summed E-state index contributed by atoms with van der Waals surface area (Å²) in [5.74, 6) is 0.717. The van der Waals surface area contributed by atoms with E-state index in [9.17, 15) is 14.3 Å². The van der Waals surface area contributed by atoms with Crippen LogP contribution in [0, 0.1) is 11.7 Å². The van der Waals surface area contributed by atoms with Crippen LogP contribution >= 0.6 is 0 Å². The summed E-state index contributed by atoms with van der Waals surface area (Å²) in [4.78, 5) is 11.4. The Bertz CT molecular complexity index is 1140. The smallest absolute Gasteiger partial charge is 0.307 e. The second-order valence-electron chi connectivity index (χ2n) is 8.04. The predicted molar refractivity (Wildman–Crippen MR) is 111 cm³/mol. The molecule has 2 aliphatic carbocycles. The van der Waals surface area contributed by atoms with Gasteiger partial charge in [0.2, 0.25) is 0 Å². The van der Waals surface area contributed by atoms with E-state index in [0.29, 0.717) is 17.1 Å². The van der Waals surface area contributed by atoms with Crippen molar-refractivity contribution in [2.75, 3.05) is 7.11 Å². The highest BCUT2D eigenvalue weighted by molar-refractivity contribution is 5.78. The first-order valence-electron chi connectivity index (χ1n) is 9.98. The fourth-order valence-corrected chi connectivity index (χ4v) is 4.71. The zero-order chi connectivity index (χ0) is 20.9. The van der Waals surface area contributed by atoms with E-state index >= 15 is 0 Å². The topological polar surface area (TPSA) is 55.8 Å². The Morgan fingerprint density at radius 2 is 1.77 bits per heavy atom. The predicted octanol–water partition coefficient (Wildman–Crippen LogP) is 5.58. The summed E-state index contributed by atoms with van der Waals surface area (Å²) < 4.78 is 25.4. The van der Waals surface area contributed by atoms with Gasteiger partial charge >= 0.3 is 5.97 Å². The molecule has 1 spiro atoms. The number of carboxylic acids is 1. The number of fused-ring (bicyclic) bond motifs is 2. The van der Waals surface area contributed by atoms with Crippen LogP contribution in [0.1, 0.15) is 24.0 Å². The molecule has 4 nitrogen and oxygen atoms in total. The molecule has 0 aliphatic heterocycles. The number of hydrogen-bond acceptors (Lipinski definition) is 3. The van der Waals surface area contributed by atoms with Gasteiger partial charge in [-0.05, 0) is 78.4 Å². The van der Waals surface area contributed by atoms with Crippen LogP contribution in [-0.2, 0) is 16.6 Å². The van der Waals surface area contributed by atoms with E-state index in [2.05, 4.69) is 0 Å². The van der Waals surface area contributed by atoms with Gasteiger partial charge in [-0.1, -0.05) is 18.2 Å². The van der Waals surface area contributed by atoms with Gasteiger partial charge in [-0.15, -0.1) is 0 Å². The standard InChI is InChI=1S/C25H21FO4/c1-29-18-7-9-23(26)20(13-18)15-2-4-17(5-3-15)30-19-6-8-21-16(12-19)10-11-25(21)14-22(25)24(27)28/h2-9,12-13,22H,10-11,14H2,1H3,(H,27,28)/t22-,25-/m0/s1. The maximum absolute atomic E-state index is 14.2. The summed E-state index contributed by atoms with van der Waals surface area (Å²) in [6.07, 6.45) is 2.51. The average molecular weight is 404 g/mol. The van der Waals surface area contributed by atoms with Crippen molar-refractivity contribution in [2.24, 2.45) is 5.92 Å². The van der Waals surface area contributed by atoms with Gasteiger partial charge in [0.15, 0.2) is 0 Å². The van der Waals surface area contributed by atoms with Gasteiger partial charge in [-0.25, -0.2) is 4.39 Å². The monoisotopic (exact) mass is 404 g/mol. The van der Waals surface area contributed by atoms with E-state index in [1.807, 2.05) is 42.5 Å². The largest absolute Gasteiger partial charge is 0.497 e. The molecule has 0 bridgehead atoms. The van der Waals surface area contributed by atoms with Gasteiger partial charge in [0.25, 0.3) is 0 Å². The normalized spacial score (nSPS) is 21.3. The Labute approximate surface area is 173 Å². The summed E-state index contributed by atoms with van der Waals surface area (Å²) in [6, 6.07) is 17.8. The van der Waals surface area contributed by atoms with Crippen LogP contribution in [0.4, 0.5) is 4.39 Å². The number of rotatable bonds is 5. The van der Waals surface area contributed by atoms with Crippen LogP contribution in [-0.4, -0.2) is 18.2 Å². The molecule has 2 atom stereocenters. The van der Waals surface area contributed by atoms with Crippen molar-refractivity contribution in [1.82, 2.24) is 0 Å². The molecular weight excluding hydrogens is 383 g/mol. The van der Waals surface area contributed by atoms with Crippen LogP contribution in [0.2, 0.25) is 0 Å². The van der Waals surface area contributed by atoms with Gasteiger partial charge in [0.05, 0.1) is 13.0 Å². The van der Waals surface area contributed by atoms with E-state index in [4.69, 9.17) is 9.47 Å². The second kappa shape index (κ2) is 6.87. The minimum absolute atomic E-state index is 0.165. The van der Waals surface area contributed by atoms with E-state index in [-0.39, 0.29) is 17.2 Å². The van der Waals surface area contributed by atoms with E-state index in [1.165, 1.54) is 11.6 Å². The van der Waals surface area contributed by atoms with Crippen molar-refractivity contribution < 1.29 is 23.8 Å². The summed E-state index contributed by atoms with van der Waals surface area (Å²) >= 11 is 0. The Morgan fingerprint density at radius 3 is 2.47 bits per heavy atom. The highest BCUT2D eigenvalue weighted by Crippen LogP contribution is 2.61. The van der Waals surface area contributed by atoms with Gasteiger partial charge < -0.3 is 14.6 Å². The SMILES string of the molecule is COc1ccc(F)c(-c2ccc(Oc3ccc4c(c3)CC[C@]43C[C@H]3C(=O)O)cc2)c1. The molecule has 0 amide bonds. The summed E-state index contributed by atoms with van der Waals surface area (Å²) in [5.41, 5.74) is 3.38. The highest BCUT2D eigenvalue weighted by Gasteiger charge is 2.61. The van der Waals surface area contributed by atoms with Crippen molar-refractivity contribution in [3.05, 3.63) is 77.6 Å². The zero-order valence-electron chi connectivity index (χ0n) is 16.5. The second-order valence-corrected chi connectivity index (χ2v) is 8.04. The molecule has 3 aromatic carbocycles. The number of aryl methyl sites for hydroxylation is 1. The average Bonchev–Trinajstić information content (AvgIpc) is 3.39. The fourth-order valence-electron chi connectivity index (χ4n) is 4.71. The third-order valence-corrected chi connectivity index (χ3v) is 6.40. The molecule has 3 aromatic rings. The van der Waals surface area contributed by atoms with Crippen LogP contribution in [0.3, 0.4) is 0 Å². The molecule has 0 radical (unpaired) electrons. The van der Waals surface area contributed by atoms with Gasteiger partial charge in [0.1, 0.15) is 23.1 Å². The fraction of sp³-hybridized carbons (Fsp3) is 0.240. The van der Waals surface area contributed by atoms with Gasteiger partial charge in [0, 0.05) is 11.0 Å². The van der Waals surface area contributed by atoms with E-state index in [0.717, 1.165) is 36.1 Å². The molecule has 152 valence electrons. The maximum Gasteiger partial charge on any atom is 0.307 e. The molecule has 1 N–H and O–H groups in total. The Kier molecular flexibility index (Phi) is 4.28. The maximum atomic E-state index is 14.2. The van der Waals surface area contributed by atoms with Crippen LogP contribution in [0.5, 0.6) is 17.2 Å². The van der Waals surface area contributed by atoms with Crippen molar-refractivity contribution in [3.8, 4) is 28.4 Å². The van der Waals surface area contributed by atoms with Gasteiger partial charge in [-0.3, -0.25) is 4.79 Å². The number of carbonyl (C=O) groups is 1. The number of carboxylic acid groups (broad SMARTS) is 1. The van der Waals surface area contributed by atoms with Crippen molar-refractivity contribution in [2.45, 2.75) is 24.7 Å². The molecule has 5 heteroatoms. The first-order valence-corrected chi connectivity index (χ1v) is 9.98. The minimum Gasteiger partial charge on any atom is -0.497 e. The molecule has 2 aliphatic rings. The summed E-state index contributed by atoms with van der Waals surface area (Å²) in [6.45, 7) is 0. The van der Waals surface area contributed by atoms with Gasteiger partial charge in [-0.2, -0.15) is 0 Å². The molecule has 1 fully saturated rings. The zero-order valence-corrected chi connectivity index (χ0v) is 16.5. The van der Waals surface area contributed by atoms with Crippen LogP contribution < -0.4 is 9.47 Å². The van der Waals surface area contributed by atoms with E-state index in [1.54, 1.807) is 19.2 Å². The van der Waals surface area contributed by atoms with Crippen molar-refractivity contribution in [1.29, 1.82) is 0 Å². The third-order valence-electron chi connectivity index (χ3n) is 6.40. The van der Waals surface area contributed by atoms with Crippen LogP contribution in [0.25, 0.3) is 11.1 Å². The molecule has 0 heterocycles.